The number of nitrogens with one attached hydrogen (secondary N) is 1. The molecule has 1 aliphatic rings. The molecule has 5 heteroatoms. The number of nitrogens with zero attached hydrogens (tertiary/aromatic N) is 1. The Morgan fingerprint density at radius 1 is 0.938 bits per heavy atom. The van der Waals surface area contributed by atoms with Gasteiger partial charge in [-0.2, -0.15) is 0 Å². The lowest BCUT2D eigenvalue weighted by Gasteiger charge is -2.31. The van der Waals surface area contributed by atoms with Crippen LogP contribution < -0.4 is 19.7 Å². The molecule has 1 N–H and O–H groups in total. The highest BCUT2D eigenvalue weighted by atomic mass is 16.5. The minimum absolute atomic E-state index is 0.0552. The van der Waals surface area contributed by atoms with Crippen LogP contribution in [-0.4, -0.2) is 33.2 Å². The van der Waals surface area contributed by atoms with Gasteiger partial charge in [0.15, 0.2) is 11.5 Å². The summed E-state index contributed by atoms with van der Waals surface area (Å²) in [5.41, 5.74) is 5.73. The number of amides is 1. The Kier molecular flexibility index (Phi) is 6.95. The van der Waals surface area contributed by atoms with Crippen LogP contribution in [0, 0.1) is 0 Å². The van der Waals surface area contributed by atoms with Crippen molar-refractivity contribution in [3.63, 3.8) is 0 Å². The average molecular weight is 431 g/mol. The number of para-hydroxylation sites is 1. The zero-order valence-corrected chi connectivity index (χ0v) is 18.8. The van der Waals surface area contributed by atoms with Crippen molar-refractivity contribution in [1.29, 1.82) is 0 Å². The standard InChI is InChI=1S/C27H30N2O3/c1-31-25-14-11-20(18-26(25)32-2)15-16-28-27(30)23-12-9-21(10-13-23)19-29-17-5-7-22-6-3-4-8-24(22)29/h3-4,6,8-14,18H,5,7,15-17,19H2,1-2H3,(H,28,30). The maximum absolute atomic E-state index is 12.6. The highest BCUT2D eigenvalue weighted by Crippen LogP contribution is 2.29. The molecular weight excluding hydrogens is 400 g/mol. The quantitative estimate of drug-likeness (QED) is 0.566. The van der Waals surface area contributed by atoms with E-state index in [1.165, 1.54) is 23.2 Å². The molecule has 0 saturated heterocycles. The molecule has 4 rings (SSSR count). The van der Waals surface area contributed by atoms with Gasteiger partial charge in [0, 0.05) is 30.9 Å². The Labute approximate surface area is 190 Å². The van der Waals surface area contributed by atoms with Crippen LogP contribution in [-0.2, 0) is 19.4 Å². The van der Waals surface area contributed by atoms with E-state index in [1.54, 1.807) is 14.2 Å². The van der Waals surface area contributed by atoms with Crippen molar-refractivity contribution in [3.05, 3.63) is 89.0 Å². The Bertz CT molecular complexity index is 1060. The first-order valence-corrected chi connectivity index (χ1v) is 11.1. The largest absolute Gasteiger partial charge is 0.493 e. The fourth-order valence-electron chi connectivity index (χ4n) is 4.22. The number of carbonyl (C=O) groups is 1. The van der Waals surface area contributed by atoms with Gasteiger partial charge in [0.05, 0.1) is 14.2 Å². The first-order chi connectivity index (χ1) is 15.7. The molecule has 0 radical (unpaired) electrons. The molecule has 0 fully saturated rings. The number of anilines is 1. The van der Waals surface area contributed by atoms with Crippen LogP contribution in [0.15, 0.2) is 66.7 Å². The average Bonchev–Trinajstić information content (AvgIpc) is 2.84. The van der Waals surface area contributed by atoms with Gasteiger partial charge in [0.2, 0.25) is 0 Å². The summed E-state index contributed by atoms with van der Waals surface area (Å²) in [7, 11) is 3.24. The topological polar surface area (TPSA) is 50.8 Å². The van der Waals surface area contributed by atoms with E-state index in [1.807, 2.05) is 30.3 Å². The van der Waals surface area contributed by atoms with Crippen LogP contribution >= 0.6 is 0 Å². The monoisotopic (exact) mass is 430 g/mol. The molecule has 0 spiro atoms. The number of carbonyl (C=O) groups excluding carboxylic acids is 1. The van der Waals surface area contributed by atoms with Crippen molar-refractivity contribution >= 4 is 11.6 Å². The number of aryl methyl sites for hydroxylation is 1. The lowest BCUT2D eigenvalue weighted by molar-refractivity contribution is 0.0954. The van der Waals surface area contributed by atoms with Crippen LogP contribution in [0.2, 0.25) is 0 Å². The molecule has 0 aliphatic carbocycles. The van der Waals surface area contributed by atoms with Crippen molar-refractivity contribution in [3.8, 4) is 11.5 Å². The third kappa shape index (κ3) is 5.05. The minimum Gasteiger partial charge on any atom is -0.493 e. The Balaban J connectivity index is 1.31. The summed E-state index contributed by atoms with van der Waals surface area (Å²) in [6, 6.07) is 22.4. The molecule has 0 saturated carbocycles. The highest BCUT2D eigenvalue weighted by Gasteiger charge is 2.16. The molecule has 1 heterocycles. The Morgan fingerprint density at radius 2 is 1.69 bits per heavy atom. The van der Waals surface area contributed by atoms with Crippen molar-refractivity contribution < 1.29 is 14.3 Å². The molecule has 3 aromatic rings. The maximum Gasteiger partial charge on any atom is 0.251 e. The fourth-order valence-corrected chi connectivity index (χ4v) is 4.22. The van der Waals surface area contributed by atoms with E-state index in [0.29, 0.717) is 23.6 Å². The maximum atomic E-state index is 12.6. The minimum atomic E-state index is -0.0552. The smallest absolute Gasteiger partial charge is 0.251 e. The fraction of sp³-hybridized carbons (Fsp3) is 0.296. The van der Waals surface area contributed by atoms with Crippen LogP contribution in [0.3, 0.4) is 0 Å². The van der Waals surface area contributed by atoms with Gasteiger partial charge in [-0.1, -0.05) is 36.4 Å². The predicted octanol–water partition coefficient (Wildman–Crippen LogP) is 4.63. The zero-order valence-electron chi connectivity index (χ0n) is 18.8. The van der Waals surface area contributed by atoms with Crippen molar-refractivity contribution in [2.24, 2.45) is 0 Å². The first kappa shape index (κ1) is 21.8. The zero-order chi connectivity index (χ0) is 22.3. The van der Waals surface area contributed by atoms with E-state index < -0.39 is 0 Å². The number of fused-ring (bicyclic) bond motifs is 1. The molecule has 0 atom stereocenters. The highest BCUT2D eigenvalue weighted by molar-refractivity contribution is 5.94. The molecular formula is C27H30N2O3. The van der Waals surface area contributed by atoms with Crippen molar-refractivity contribution in [2.45, 2.75) is 25.8 Å². The lowest BCUT2D eigenvalue weighted by Crippen LogP contribution is -2.29. The number of benzene rings is 3. The van der Waals surface area contributed by atoms with E-state index in [9.17, 15) is 4.79 Å². The van der Waals surface area contributed by atoms with Gasteiger partial charge in [-0.25, -0.2) is 0 Å². The second-order valence-corrected chi connectivity index (χ2v) is 8.05. The van der Waals surface area contributed by atoms with E-state index in [2.05, 4.69) is 46.6 Å². The number of methoxy groups -OCH3 is 2. The summed E-state index contributed by atoms with van der Waals surface area (Å²) in [6.07, 6.45) is 3.05. The number of hydrogen-bond donors (Lipinski definition) is 1. The van der Waals surface area contributed by atoms with E-state index >= 15 is 0 Å². The molecule has 0 aromatic heterocycles. The molecule has 1 aliphatic heterocycles. The van der Waals surface area contributed by atoms with Crippen molar-refractivity contribution in [2.75, 3.05) is 32.2 Å². The van der Waals surface area contributed by atoms with Gasteiger partial charge in [0.25, 0.3) is 5.91 Å². The van der Waals surface area contributed by atoms with Gasteiger partial charge < -0.3 is 19.7 Å². The molecule has 166 valence electrons. The van der Waals surface area contributed by atoms with Gasteiger partial charge in [-0.05, 0) is 66.3 Å². The second-order valence-electron chi connectivity index (χ2n) is 8.05. The molecule has 3 aromatic carbocycles. The number of rotatable bonds is 8. The van der Waals surface area contributed by atoms with E-state index in [4.69, 9.17) is 9.47 Å². The summed E-state index contributed by atoms with van der Waals surface area (Å²) in [5.74, 6) is 1.34. The second kappa shape index (κ2) is 10.2. The number of ether oxygens (including phenoxy) is 2. The van der Waals surface area contributed by atoms with Gasteiger partial charge in [0.1, 0.15) is 0 Å². The van der Waals surface area contributed by atoms with Crippen LogP contribution in [0.1, 0.15) is 33.5 Å². The van der Waals surface area contributed by atoms with Gasteiger partial charge in [-0.15, -0.1) is 0 Å². The van der Waals surface area contributed by atoms with Crippen LogP contribution in [0.4, 0.5) is 5.69 Å². The van der Waals surface area contributed by atoms with Gasteiger partial charge >= 0.3 is 0 Å². The summed E-state index contributed by atoms with van der Waals surface area (Å²) in [5, 5.41) is 3.01. The van der Waals surface area contributed by atoms with Gasteiger partial charge in [-0.3, -0.25) is 4.79 Å². The summed E-state index contributed by atoms with van der Waals surface area (Å²) < 4.78 is 10.6. The Morgan fingerprint density at radius 3 is 2.47 bits per heavy atom. The lowest BCUT2D eigenvalue weighted by atomic mass is 10.0. The van der Waals surface area contributed by atoms with Crippen molar-refractivity contribution in [1.82, 2.24) is 5.32 Å². The predicted molar refractivity (Wildman–Crippen MR) is 128 cm³/mol. The third-order valence-electron chi connectivity index (χ3n) is 5.94. The normalized spacial score (nSPS) is 12.8. The SMILES string of the molecule is COc1ccc(CCNC(=O)c2ccc(CN3CCCc4ccccc43)cc2)cc1OC. The molecule has 1 amide bonds. The molecule has 0 unspecified atom stereocenters. The van der Waals surface area contributed by atoms with Crippen LogP contribution in [0.25, 0.3) is 0 Å². The molecule has 5 nitrogen and oxygen atoms in total. The summed E-state index contributed by atoms with van der Waals surface area (Å²) in [6.45, 7) is 2.48. The summed E-state index contributed by atoms with van der Waals surface area (Å²) in [4.78, 5) is 15.0. The van der Waals surface area contributed by atoms with Crippen LogP contribution in [0.5, 0.6) is 11.5 Å². The van der Waals surface area contributed by atoms with E-state index in [-0.39, 0.29) is 5.91 Å². The van der Waals surface area contributed by atoms with E-state index in [0.717, 1.165) is 31.5 Å². The summed E-state index contributed by atoms with van der Waals surface area (Å²) >= 11 is 0. The first-order valence-electron chi connectivity index (χ1n) is 11.1. The molecule has 0 bridgehead atoms. The number of hydrogen-bond acceptors (Lipinski definition) is 4. The Hall–Kier alpha value is -3.47. The third-order valence-corrected chi connectivity index (χ3v) is 5.94. The molecule has 32 heavy (non-hydrogen) atoms.